The van der Waals surface area contributed by atoms with Gasteiger partial charge in [-0.25, -0.2) is 4.79 Å². The zero-order valence-corrected chi connectivity index (χ0v) is 19.7. The Balaban J connectivity index is 1.50. The molecule has 0 aromatic rings. The van der Waals surface area contributed by atoms with E-state index in [0.29, 0.717) is 12.8 Å². The largest absolute Gasteiger partial charge is 0.479 e. The average molecular weight is 500 g/mol. The van der Waals surface area contributed by atoms with E-state index in [-0.39, 0.29) is 13.2 Å². The summed E-state index contributed by atoms with van der Waals surface area (Å²) >= 11 is 0. The van der Waals surface area contributed by atoms with Crippen LogP contribution in [0.3, 0.4) is 0 Å². The molecule has 196 valence electrons. The number of rotatable bonds is 5. The van der Waals surface area contributed by atoms with Crippen LogP contribution in [0.25, 0.3) is 0 Å². The van der Waals surface area contributed by atoms with Crippen LogP contribution in [0.5, 0.6) is 0 Å². The van der Waals surface area contributed by atoms with Gasteiger partial charge < -0.3 is 49.2 Å². The van der Waals surface area contributed by atoms with Gasteiger partial charge in [0, 0.05) is 17.8 Å². The van der Waals surface area contributed by atoms with Crippen LogP contribution in [0.2, 0.25) is 0 Å². The molecule has 12 heteroatoms. The zero-order chi connectivity index (χ0) is 25.5. The van der Waals surface area contributed by atoms with E-state index in [2.05, 4.69) is 0 Å². The summed E-state index contributed by atoms with van der Waals surface area (Å²) < 4.78 is 29.1. The molecule has 35 heavy (non-hydrogen) atoms. The van der Waals surface area contributed by atoms with Gasteiger partial charge in [0.1, 0.15) is 42.7 Å². The zero-order valence-electron chi connectivity index (χ0n) is 19.7. The molecule has 3 aliphatic heterocycles. The van der Waals surface area contributed by atoms with Crippen LogP contribution >= 0.6 is 0 Å². The van der Waals surface area contributed by atoms with Gasteiger partial charge >= 0.3 is 11.9 Å². The lowest BCUT2D eigenvalue weighted by Crippen LogP contribution is -2.66. The van der Waals surface area contributed by atoms with Crippen molar-refractivity contribution >= 4 is 11.9 Å². The van der Waals surface area contributed by atoms with Gasteiger partial charge in [-0.05, 0) is 19.8 Å². The topological polar surface area (TPSA) is 185 Å². The van der Waals surface area contributed by atoms with Crippen LogP contribution in [0.1, 0.15) is 33.6 Å². The second-order valence-electron chi connectivity index (χ2n) is 10.6. The van der Waals surface area contributed by atoms with E-state index >= 15 is 0 Å². The van der Waals surface area contributed by atoms with Gasteiger partial charge in [0.2, 0.25) is 0 Å². The van der Waals surface area contributed by atoms with Crippen molar-refractivity contribution in [2.24, 2.45) is 10.8 Å². The maximum Gasteiger partial charge on any atom is 0.335 e. The van der Waals surface area contributed by atoms with Crippen LogP contribution in [-0.2, 0) is 33.3 Å². The highest BCUT2D eigenvalue weighted by atomic mass is 16.7. The predicted molar refractivity (Wildman–Crippen MR) is 113 cm³/mol. The number of carbonyl (C=O) groups excluding carboxylic acids is 1. The Morgan fingerprint density at radius 2 is 1.83 bits per heavy atom. The number of hydrogen-bond acceptors (Lipinski definition) is 11. The minimum Gasteiger partial charge on any atom is -0.479 e. The molecule has 3 heterocycles. The smallest absolute Gasteiger partial charge is 0.335 e. The Kier molecular flexibility index (Phi) is 5.85. The Morgan fingerprint density at radius 1 is 1.14 bits per heavy atom. The van der Waals surface area contributed by atoms with Crippen LogP contribution in [-0.4, -0.2) is 111 Å². The fourth-order valence-electron chi connectivity index (χ4n) is 6.70. The molecule has 12 unspecified atom stereocenters. The fraction of sp³-hybridized carbons (Fsp3) is 0.826. The Morgan fingerprint density at radius 3 is 2.43 bits per heavy atom. The van der Waals surface area contributed by atoms with Crippen LogP contribution in [0, 0.1) is 10.8 Å². The molecule has 3 saturated heterocycles. The summed E-state index contributed by atoms with van der Waals surface area (Å²) in [4.78, 5) is 23.3. The molecule has 1 saturated carbocycles. The van der Waals surface area contributed by atoms with Crippen molar-refractivity contribution in [3.63, 3.8) is 0 Å². The molecule has 12 atom stereocenters. The summed E-state index contributed by atoms with van der Waals surface area (Å²) in [5.41, 5.74) is -1.72. The molecule has 5 rings (SSSR count). The third kappa shape index (κ3) is 3.28. The molecule has 5 N–H and O–H groups in total. The van der Waals surface area contributed by atoms with E-state index in [1.807, 2.05) is 19.9 Å². The molecule has 4 fully saturated rings. The molecular weight excluding hydrogens is 468 g/mol. The average Bonchev–Trinajstić information content (AvgIpc) is 3.58. The number of fused-ring (bicyclic) bond motifs is 2. The number of aliphatic hydroxyl groups excluding tert-OH is 4. The third-order valence-corrected chi connectivity index (χ3v) is 8.91. The number of esters is 1. The molecule has 0 radical (unpaired) electrons. The Hall–Kier alpha value is -1.64. The first-order chi connectivity index (χ1) is 16.4. The molecule has 0 amide bonds. The summed E-state index contributed by atoms with van der Waals surface area (Å²) in [6, 6.07) is 0. The molecule has 2 bridgehead atoms. The van der Waals surface area contributed by atoms with Crippen molar-refractivity contribution in [2.75, 3.05) is 13.2 Å². The first kappa shape index (κ1) is 25.0. The number of carboxylic acids is 1. The number of aliphatic hydroxyl groups is 4. The van der Waals surface area contributed by atoms with Crippen molar-refractivity contribution in [1.82, 2.24) is 0 Å². The summed E-state index contributed by atoms with van der Waals surface area (Å²) in [5, 5.41) is 51.7. The number of carbonyl (C=O) groups is 2. The monoisotopic (exact) mass is 500 g/mol. The van der Waals surface area contributed by atoms with E-state index in [1.54, 1.807) is 0 Å². The molecular formula is C23H32O12. The molecule has 2 aliphatic carbocycles. The molecule has 1 spiro atoms. The minimum atomic E-state index is -1.87. The SMILES string of the molecule is CC(=O)OCC12CCC(C)=CC1OC1C(OC3OC(C(=O)O)C(O)C(O)C3O)C(O)C2(C)C12CO2. The second kappa shape index (κ2) is 8.18. The van der Waals surface area contributed by atoms with Gasteiger partial charge in [0.15, 0.2) is 12.4 Å². The number of ether oxygens (including phenoxy) is 5. The first-order valence-corrected chi connectivity index (χ1v) is 11.8. The summed E-state index contributed by atoms with van der Waals surface area (Å²) in [6.07, 6.45) is -9.52. The predicted octanol–water partition coefficient (Wildman–Crippen LogP) is -1.53. The first-order valence-electron chi connectivity index (χ1n) is 11.8. The van der Waals surface area contributed by atoms with Gasteiger partial charge in [-0.2, -0.15) is 0 Å². The van der Waals surface area contributed by atoms with Gasteiger partial charge in [-0.1, -0.05) is 18.6 Å². The lowest BCUT2D eigenvalue weighted by molar-refractivity contribution is -0.315. The minimum absolute atomic E-state index is 0.0105. The summed E-state index contributed by atoms with van der Waals surface area (Å²) in [7, 11) is 0. The van der Waals surface area contributed by atoms with E-state index < -0.39 is 83.5 Å². The molecule has 0 aromatic carbocycles. The number of allylic oxidation sites excluding steroid dienone is 1. The van der Waals surface area contributed by atoms with Crippen molar-refractivity contribution < 1.29 is 58.8 Å². The maximum atomic E-state index is 11.8. The van der Waals surface area contributed by atoms with Gasteiger partial charge in [0.25, 0.3) is 0 Å². The normalized spacial score (nSPS) is 52.5. The summed E-state index contributed by atoms with van der Waals surface area (Å²) in [5.74, 6) is -2.01. The standard InChI is InChI=1S/C23H32O12/c1-9-4-5-22(7-31-10(2)24)11(6-9)33-18-16(17(28)21(22,3)23(18)8-32-23)35-20-14(27)12(25)13(26)15(34-20)19(29)30/h6,11-18,20,25-28H,4-5,7-8H2,1-3H3,(H,29,30). The van der Waals surface area contributed by atoms with Crippen LogP contribution < -0.4 is 0 Å². The lowest BCUT2D eigenvalue weighted by atomic mass is 9.51. The van der Waals surface area contributed by atoms with Crippen molar-refractivity contribution in [3.8, 4) is 0 Å². The van der Waals surface area contributed by atoms with Crippen molar-refractivity contribution in [1.29, 1.82) is 0 Å². The van der Waals surface area contributed by atoms with Crippen molar-refractivity contribution in [2.45, 2.75) is 94.3 Å². The van der Waals surface area contributed by atoms with E-state index in [4.69, 9.17) is 23.7 Å². The van der Waals surface area contributed by atoms with Gasteiger partial charge in [-0.15, -0.1) is 0 Å². The second-order valence-corrected chi connectivity index (χ2v) is 10.6. The lowest BCUT2D eigenvalue weighted by Gasteiger charge is -2.57. The molecule has 5 aliphatic rings. The highest BCUT2D eigenvalue weighted by Crippen LogP contribution is 2.72. The number of carboxylic acid groups (broad SMARTS) is 1. The molecule has 0 aromatic heterocycles. The number of epoxide rings is 1. The Labute approximate surface area is 201 Å². The van der Waals surface area contributed by atoms with Gasteiger partial charge in [-0.3, -0.25) is 4.79 Å². The maximum absolute atomic E-state index is 11.8. The summed E-state index contributed by atoms with van der Waals surface area (Å²) in [6.45, 7) is 5.38. The number of aliphatic carboxylic acids is 1. The van der Waals surface area contributed by atoms with E-state index in [1.165, 1.54) is 6.92 Å². The highest BCUT2D eigenvalue weighted by Gasteiger charge is 2.85. The fourth-order valence-corrected chi connectivity index (χ4v) is 6.70. The van der Waals surface area contributed by atoms with Crippen LogP contribution in [0.4, 0.5) is 0 Å². The number of hydrogen-bond donors (Lipinski definition) is 5. The highest BCUT2D eigenvalue weighted by molar-refractivity contribution is 5.73. The van der Waals surface area contributed by atoms with E-state index in [9.17, 15) is 35.1 Å². The van der Waals surface area contributed by atoms with Gasteiger partial charge in [0.05, 0.1) is 18.8 Å². The van der Waals surface area contributed by atoms with Crippen molar-refractivity contribution in [3.05, 3.63) is 11.6 Å². The Bertz CT molecular complexity index is 931. The third-order valence-electron chi connectivity index (χ3n) is 8.91. The quantitative estimate of drug-likeness (QED) is 0.167. The van der Waals surface area contributed by atoms with E-state index in [0.717, 1.165) is 5.57 Å². The molecule has 12 nitrogen and oxygen atoms in total. The van der Waals surface area contributed by atoms with Crippen LogP contribution in [0.15, 0.2) is 11.6 Å².